The number of nitrogens with one attached hydrogen (secondary N) is 1. The van der Waals surface area contributed by atoms with E-state index in [-0.39, 0.29) is 6.04 Å². The van der Waals surface area contributed by atoms with E-state index in [0.717, 1.165) is 5.56 Å². The number of thiophene rings is 1. The van der Waals surface area contributed by atoms with Crippen molar-refractivity contribution >= 4 is 34.5 Å². The molecule has 0 aromatic carbocycles. The first-order chi connectivity index (χ1) is 6.15. The molecule has 0 amide bonds. The maximum Gasteiger partial charge on any atom is 0.0992 e. The van der Waals surface area contributed by atoms with Gasteiger partial charge in [0.15, 0.2) is 0 Å². The molecule has 74 valence electrons. The monoisotopic (exact) mass is 239 g/mol. The Labute approximate surface area is 91.8 Å². The van der Waals surface area contributed by atoms with E-state index in [1.54, 1.807) is 0 Å². The van der Waals surface area contributed by atoms with Crippen LogP contribution in [0.1, 0.15) is 25.5 Å². The Morgan fingerprint density at radius 2 is 2.31 bits per heavy atom. The Morgan fingerprint density at radius 3 is 2.77 bits per heavy atom. The summed E-state index contributed by atoms with van der Waals surface area (Å²) in [7, 11) is 0. The first-order valence-corrected chi connectivity index (χ1v) is 5.54. The zero-order valence-electron chi connectivity index (χ0n) is 7.43. The maximum absolute atomic E-state index is 5.96. The van der Waals surface area contributed by atoms with Crippen LogP contribution in [-0.2, 0) is 4.84 Å². The second kappa shape index (κ2) is 5.17. The van der Waals surface area contributed by atoms with Crippen molar-refractivity contribution in [1.29, 1.82) is 0 Å². The molecule has 0 saturated carbocycles. The molecule has 13 heavy (non-hydrogen) atoms. The molecule has 0 spiro atoms. The van der Waals surface area contributed by atoms with E-state index in [9.17, 15) is 0 Å². The molecule has 1 heterocycles. The van der Waals surface area contributed by atoms with Gasteiger partial charge >= 0.3 is 0 Å². The van der Waals surface area contributed by atoms with Gasteiger partial charge in [0.1, 0.15) is 0 Å². The molecular weight excluding hydrogens is 229 g/mol. The minimum atomic E-state index is 0.0659. The van der Waals surface area contributed by atoms with Gasteiger partial charge in [0.05, 0.1) is 21.3 Å². The third-order valence-electron chi connectivity index (χ3n) is 1.55. The number of hydrogen-bond donors (Lipinski definition) is 1. The first kappa shape index (κ1) is 11.3. The van der Waals surface area contributed by atoms with Gasteiger partial charge in [-0.25, -0.2) is 0 Å². The van der Waals surface area contributed by atoms with Gasteiger partial charge in [-0.3, -0.25) is 0 Å². The van der Waals surface area contributed by atoms with Crippen molar-refractivity contribution in [3.63, 3.8) is 0 Å². The number of rotatable bonds is 4. The molecular formula is C8H11Cl2NOS. The quantitative estimate of drug-likeness (QED) is 0.811. The van der Waals surface area contributed by atoms with E-state index in [0.29, 0.717) is 15.3 Å². The molecule has 1 rings (SSSR count). The van der Waals surface area contributed by atoms with Crippen molar-refractivity contribution in [2.75, 3.05) is 6.61 Å². The molecule has 0 saturated heterocycles. The summed E-state index contributed by atoms with van der Waals surface area (Å²) in [5.41, 5.74) is 3.84. The summed E-state index contributed by atoms with van der Waals surface area (Å²) < 4.78 is 1.41. The van der Waals surface area contributed by atoms with Crippen molar-refractivity contribution in [3.8, 4) is 0 Å². The van der Waals surface area contributed by atoms with Gasteiger partial charge in [-0.1, -0.05) is 23.2 Å². The molecule has 0 aliphatic heterocycles. The molecule has 1 N–H and O–H groups in total. The molecule has 0 aliphatic carbocycles. The lowest BCUT2D eigenvalue weighted by molar-refractivity contribution is 0.0286. The van der Waals surface area contributed by atoms with E-state index >= 15 is 0 Å². The zero-order valence-corrected chi connectivity index (χ0v) is 9.76. The molecule has 5 heteroatoms. The van der Waals surface area contributed by atoms with Gasteiger partial charge in [-0.2, -0.15) is 5.48 Å². The summed E-state index contributed by atoms with van der Waals surface area (Å²) in [6, 6.07) is 1.92. The second-order valence-electron chi connectivity index (χ2n) is 2.55. The second-order valence-corrected chi connectivity index (χ2v) is 4.84. The van der Waals surface area contributed by atoms with E-state index in [2.05, 4.69) is 5.48 Å². The largest absolute Gasteiger partial charge is 0.302 e. The molecule has 0 aliphatic rings. The van der Waals surface area contributed by atoms with Crippen molar-refractivity contribution in [3.05, 3.63) is 20.3 Å². The Hall–Kier alpha value is 0.200. The summed E-state index contributed by atoms with van der Waals surface area (Å²) in [6.07, 6.45) is 0. The van der Waals surface area contributed by atoms with Gasteiger partial charge in [0, 0.05) is 5.56 Å². The van der Waals surface area contributed by atoms with Gasteiger partial charge < -0.3 is 4.84 Å². The fourth-order valence-electron chi connectivity index (χ4n) is 0.920. The van der Waals surface area contributed by atoms with Gasteiger partial charge in [-0.05, 0) is 19.9 Å². The zero-order chi connectivity index (χ0) is 9.84. The number of hydroxylamine groups is 1. The lowest BCUT2D eigenvalue weighted by Crippen LogP contribution is -2.18. The molecule has 1 aromatic heterocycles. The van der Waals surface area contributed by atoms with Crippen LogP contribution in [0.2, 0.25) is 8.67 Å². The fourth-order valence-corrected chi connectivity index (χ4v) is 2.57. The van der Waals surface area contributed by atoms with Crippen molar-refractivity contribution < 1.29 is 4.84 Å². The highest BCUT2D eigenvalue weighted by atomic mass is 35.5. The van der Waals surface area contributed by atoms with E-state index in [1.165, 1.54) is 11.3 Å². The summed E-state index contributed by atoms with van der Waals surface area (Å²) in [4.78, 5) is 5.07. The lowest BCUT2D eigenvalue weighted by Gasteiger charge is -2.11. The van der Waals surface area contributed by atoms with Crippen molar-refractivity contribution in [2.45, 2.75) is 19.9 Å². The molecule has 2 nitrogen and oxygen atoms in total. The standard InChI is InChI=1S/C8H11Cl2NOS/c1-3-12-11-5(2)6-4-7(9)13-8(6)10/h4-5,11H,3H2,1-2H3. The fraction of sp³-hybridized carbons (Fsp3) is 0.500. The van der Waals surface area contributed by atoms with Crippen LogP contribution in [0.25, 0.3) is 0 Å². The molecule has 0 fully saturated rings. The number of hydrogen-bond acceptors (Lipinski definition) is 3. The highest BCUT2D eigenvalue weighted by Crippen LogP contribution is 2.34. The van der Waals surface area contributed by atoms with Crippen LogP contribution in [0, 0.1) is 0 Å². The number of halogens is 2. The van der Waals surface area contributed by atoms with E-state index in [1.807, 2.05) is 19.9 Å². The molecule has 1 atom stereocenters. The van der Waals surface area contributed by atoms with Gasteiger partial charge in [-0.15, -0.1) is 11.3 Å². The SMILES string of the molecule is CCONC(C)c1cc(Cl)sc1Cl. The Kier molecular flexibility index (Phi) is 4.49. The van der Waals surface area contributed by atoms with E-state index in [4.69, 9.17) is 28.0 Å². The average molecular weight is 240 g/mol. The smallest absolute Gasteiger partial charge is 0.0992 e. The summed E-state index contributed by atoms with van der Waals surface area (Å²) in [5.74, 6) is 0. The predicted molar refractivity (Wildman–Crippen MR) is 57.5 cm³/mol. The van der Waals surface area contributed by atoms with Crippen LogP contribution < -0.4 is 5.48 Å². The summed E-state index contributed by atoms with van der Waals surface area (Å²) in [5, 5.41) is 0. The first-order valence-electron chi connectivity index (χ1n) is 3.97. The van der Waals surface area contributed by atoms with E-state index < -0.39 is 0 Å². The van der Waals surface area contributed by atoms with Gasteiger partial charge in [0.2, 0.25) is 0 Å². The third kappa shape index (κ3) is 3.11. The average Bonchev–Trinajstić information content (AvgIpc) is 2.41. The third-order valence-corrected chi connectivity index (χ3v) is 3.07. The highest BCUT2D eigenvalue weighted by molar-refractivity contribution is 7.20. The minimum Gasteiger partial charge on any atom is -0.302 e. The predicted octanol–water partition coefficient (Wildman–Crippen LogP) is 3.66. The van der Waals surface area contributed by atoms with Crippen LogP contribution in [0.4, 0.5) is 0 Å². The molecule has 0 radical (unpaired) electrons. The Bertz CT molecular complexity index is 277. The summed E-state index contributed by atoms with van der Waals surface area (Å²) >= 11 is 13.1. The van der Waals surface area contributed by atoms with Crippen LogP contribution >= 0.6 is 34.5 Å². The molecule has 1 aromatic rings. The van der Waals surface area contributed by atoms with Crippen LogP contribution in [0.15, 0.2) is 6.07 Å². The molecule has 0 bridgehead atoms. The maximum atomic E-state index is 5.96. The topological polar surface area (TPSA) is 21.3 Å². The van der Waals surface area contributed by atoms with Crippen LogP contribution in [-0.4, -0.2) is 6.61 Å². The highest BCUT2D eigenvalue weighted by Gasteiger charge is 2.12. The normalized spacial score (nSPS) is 13.2. The van der Waals surface area contributed by atoms with Crippen LogP contribution in [0.5, 0.6) is 0 Å². The Balaban J connectivity index is 2.64. The van der Waals surface area contributed by atoms with Crippen molar-refractivity contribution in [2.24, 2.45) is 0 Å². The lowest BCUT2D eigenvalue weighted by atomic mass is 10.2. The summed E-state index contributed by atoms with van der Waals surface area (Å²) in [6.45, 7) is 4.52. The van der Waals surface area contributed by atoms with Crippen molar-refractivity contribution in [1.82, 2.24) is 5.48 Å². The Morgan fingerprint density at radius 1 is 1.62 bits per heavy atom. The van der Waals surface area contributed by atoms with Gasteiger partial charge in [0.25, 0.3) is 0 Å². The minimum absolute atomic E-state index is 0.0659. The molecule has 1 unspecified atom stereocenters. The van der Waals surface area contributed by atoms with Crippen LogP contribution in [0.3, 0.4) is 0 Å².